The summed E-state index contributed by atoms with van der Waals surface area (Å²) in [6.45, 7) is 0.804. The first-order valence-corrected chi connectivity index (χ1v) is 7.48. The van der Waals surface area contributed by atoms with Crippen molar-refractivity contribution in [2.24, 2.45) is 7.05 Å². The molecule has 0 aliphatic carbocycles. The van der Waals surface area contributed by atoms with Gasteiger partial charge in [-0.3, -0.25) is 4.79 Å². The van der Waals surface area contributed by atoms with Crippen molar-refractivity contribution in [2.45, 2.75) is 12.5 Å². The standard InChI is InChI=1S/C17H18N4O/c1-19-8-5-12-3-4-13(11-15(12)19)16-18-7-10-21(16)14-6-9-20(2)17(14)22/h3-5,7-8,10-11,14H,6,9H2,1-2H3. The van der Waals surface area contributed by atoms with Gasteiger partial charge in [0.1, 0.15) is 11.9 Å². The Morgan fingerprint density at radius 2 is 2.05 bits per heavy atom. The number of aryl methyl sites for hydroxylation is 1. The molecule has 0 radical (unpaired) electrons. The van der Waals surface area contributed by atoms with E-state index in [4.69, 9.17) is 0 Å². The molecule has 2 aromatic heterocycles. The van der Waals surface area contributed by atoms with Crippen molar-refractivity contribution in [1.29, 1.82) is 0 Å². The van der Waals surface area contributed by atoms with Gasteiger partial charge in [0, 0.05) is 50.3 Å². The van der Waals surface area contributed by atoms with Gasteiger partial charge in [-0.05, 0) is 23.9 Å². The van der Waals surface area contributed by atoms with Gasteiger partial charge >= 0.3 is 0 Å². The van der Waals surface area contributed by atoms with Crippen LogP contribution in [-0.2, 0) is 11.8 Å². The van der Waals surface area contributed by atoms with E-state index in [2.05, 4.69) is 40.0 Å². The zero-order valence-electron chi connectivity index (χ0n) is 12.7. The number of hydrogen-bond donors (Lipinski definition) is 0. The number of nitrogens with zero attached hydrogens (tertiary/aromatic N) is 4. The molecule has 3 heterocycles. The number of amides is 1. The zero-order valence-corrected chi connectivity index (χ0v) is 12.7. The Hall–Kier alpha value is -2.56. The Balaban J connectivity index is 1.81. The molecule has 1 atom stereocenters. The second-order valence-electron chi connectivity index (χ2n) is 5.92. The topological polar surface area (TPSA) is 43.1 Å². The molecule has 1 unspecified atom stereocenters. The molecule has 4 rings (SSSR count). The van der Waals surface area contributed by atoms with E-state index < -0.39 is 0 Å². The smallest absolute Gasteiger partial charge is 0.245 e. The second-order valence-corrected chi connectivity index (χ2v) is 5.92. The van der Waals surface area contributed by atoms with E-state index in [1.54, 1.807) is 11.1 Å². The van der Waals surface area contributed by atoms with Crippen molar-refractivity contribution >= 4 is 16.8 Å². The van der Waals surface area contributed by atoms with Crippen molar-refractivity contribution < 1.29 is 4.79 Å². The second kappa shape index (κ2) is 4.73. The van der Waals surface area contributed by atoms with Crippen molar-refractivity contribution in [3.63, 3.8) is 0 Å². The molecule has 1 aliphatic rings. The first-order chi connectivity index (χ1) is 10.6. The van der Waals surface area contributed by atoms with Crippen molar-refractivity contribution in [3.05, 3.63) is 42.9 Å². The molecule has 22 heavy (non-hydrogen) atoms. The lowest BCUT2D eigenvalue weighted by atomic mass is 10.1. The SMILES string of the molecule is CN1CCC(n2ccnc2-c2ccc3ccn(C)c3c2)C1=O. The fourth-order valence-electron chi connectivity index (χ4n) is 3.25. The molecule has 1 saturated heterocycles. The Labute approximate surface area is 128 Å². The molecule has 3 aromatic rings. The Morgan fingerprint density at radius 1 is 1.18 bits per heavy atom. The quantitative estimate of drug-likeness (QED) is 0.728. The van der Waals surface area contributed by atoms with Crippen LogP contribution < -0.4 is 0 Å². The summed E-state index contributed by atoms with van der Waals surface area (Å²) in [5, 5.41) is 1.21. The molecule has 0 spiro atoms. The molecular weight excluding hydrogens is 276 g/mol. The van der Waals surface area contributed by atoms with E-state index in [1.807, 2.05) is 24.9 Å². The molecule has 1 amide bonds. The maximum absolute atomic E-state index is 12.3. The van der Waals surface area contributed by atoms with E-state index >= 15 is 0 Å². The Kier molecular flexibility index (Phi) is 2.82. The summed E-state index contributed by atoms with van der Waals surface area (Å²) in [4.78, 5) is 18.6. The van der Waals surface area contributed by atoms with Gasteiger partial charge in [-0.1, -0.05) is 12.1 Å². The molecule has 5 heteroatoms. The molecule has 0 bridgehead atoms. The van der Waals surface area contributed by atoms with Crippen LogP contribution in [0.2, 0.25) is 0 Å². The average molecular weight is 294 g/mol. The molecule has 0 N–H and O–H groups in total. The summed E-state index contributed by atoms with van der Waals surface area (Å²) >= 11 is 0. The summed E-state index contributed by atoms with van der Waals surface area (Å²) < 4.78 is 4.11. The lowest BCUT2D eigenvalue weighted by Crippen LogP contribution is -2.24. The monoisotopic (exact) mass is 294 g/mol. The fraction of sp³-hybridized carbons (Fsp3) is 0.294. The molecule has 5 nitrogen and oxygen atoms in total. The van der Waals surface area contributed by atoms with Gasteiger partial charge in [-0.25, -0.2) is 4.98 Å². The van der Waals surface area contributed by atoms with Crippen LogP contribution in [0.3, 0.4) is 0 Å². The third-order valence-corrected chi connectivity index (χ3v) is 4.55. The van der Waals surface area contributed by atoms with Crippen LogP contribution in [0, 0.1) is 0 Å². The van der Waals surface area contributed by atoms with Gasteiger partial charge in [0.05, 0.1) is 0 Å². The number of hydrogen-bond acceptors (Lipinski definition) is 2. The van der Waals surface area contributed by atoms with Gasteiger partial charge < -0.3 is 14.0 Å². The van der Waals surface area contributed by atoms with Gasteiger partial charge in [-0.15, -0.1) is 0 Å². The summed E-state index contributed by atoms with van der Waals surface area (Å²) in [6, 6.07) is 8.28. The number of imidazole rings is 1. The van der Waals surface area contributed by atoms with Gasteiger partial charge in [0.15, 0.2) is 0 Å². The number of likely N-dealkylation sites (N-methyl/N-ethyl adjacent to an activating group) is 1. The van der Waals surface area contributed by atoms with E-state index in [0.29, 0.717) is 0 Å². The normalized spacial score (nSPS) is 18.5. The van der Waals surface area contributed by atoms with E-state index in [1.165, 1.54) is 10.9 Å². The largest absolute Gasteiger partial charge is 0.351 e. The van der Waals surface area contributed by atoms with Crippen molar-refractivity contribution in [2.75, 3.05) is 13.6 Å². The van der Waals surface area contributed by atoms with Crippen LogP contribution in [0.1, 0.15) is 12.5 Å². The number of aromatic nitrogens is 3. The lowest BCUT2D eigenvalue weighted by Gasteiger charge is -2.15. The van der Waals surface area contributed by atoms with Crippen LogP contribution in [0.4, 0.5) is 0 Å². The highest BCUT2D eigenvalue weighted by Crippen LogP contribution is 2.29. The maximum atomic E-state index is 12.3. The third-order valence-electron chi connectivity index (χ3n) is 4.55. The van der Waals surface area contributed by atoms with E-state index in [0.717, 1.165) is 24.4 Å². The number of benzene rings is 1. The molecule has 1 aromatic carbocycles. The highest BCUT2D eigenvalue weighted by Gasteiger charge is 2.31. The molecule has 1 aliphatic heterocycles. The molecule has 1 fully saturated rings. The Morgan fingerprint density at radius 3 is 2.82 bits per heavy atom. The summed E-state index contributed by atoms with van der Waals surface area (Å²) in [5.74, 6) is 1.02. The van der Waals surface area contributed by atoms with Crippen LogP contribution in [-0.4, -0.2) is 38.5 Å². The van der Waals surface area contributed by atoms with Crippen molar-refractivity contribution in [1.82, 2.24) is 19.0 Å². The van der Waals surface area contributed by atoms with Crippen LogP contribution in [0.5, 0.6) is 0 Å². The minimum atomic E-state index is -0.133. The minimum absolute atomic E-state index is 0.133. The number of carbonyl (C=O) groups is 1. The average Bonchev–Trinajstić information content (AvgIpc) is 3.21. The van der Waals surface area contributed by atoms with Crippen LogP contribution in [0.25, 0.3) is 22.3 Å². The number of carbonyl (C=O) groups excluding carboxylic acids is 1. The predicted molar refractivity (Wildman–Crippen MR) is 85.4 cm³/mol. The Bertz CT molecular complexity index is 861. The predicted octanol–water partition coefficient (Wildman–Crippen LogP) is 2.45. The lowest BCUT2D eigenvalue weighted by molar-refractivity contribution is -0.129. The van der Waals surface area contributed by atoms with Gasteiger partial charge in [0.25, 0.3) is 0 Å². The van der Waals surface area contributed by atoms with Crippen molar-refractivity contribution in [3.8, 4) is 11.4 Å². The summed E-state index contributed by atoms with van der Waals surface area (Å²) in [7, 11) is 3.89. The summed E-state index contributed by atoms with van der Waals surface area (Å²) in [5.41, 5.74) is 2.21. The third kappa shape index (κ3) is 1.85. The number of rotatable bonds is 2. The fourth-order valence-corrected chi connectivity index (χ4v) is 3.25. The number of likely N-dealkylation sites (tertiary alicyclic amines) is 1. The van der Waals surface area contributed by atoms with Gasteiger partial charge in [0.2, 0.25) is 5.91 Å². The molecular formula is C17H18N4O. The molecule has 0 saturated carbocycles. The van der Waals surface area contributed by atoms with Crippen LogP contribution >= 0.6 is 0 Å². The summed E-state index contributed by atoms with van der Waals surface area (Å²) in [6.07, 6.45) is 6.57. The first kappa shape index (κ1) is 13.1. The maximum Gasteiger partial charge on any atom is 0.245 e. The number of fused-ring (bicyclic) bond motifs is 1. The first-order valence-electron chi connectivity index (χ1n) is 7.48. The highest BCUT2D eigenvalue weighted by molar-refractivity contribution is 5.85. The highest BCUT2D eigenvalue weighted by atomic mass is 16.2. The van der Waals surface area contributed by atoms with Crippen LogP contribution in [0.15, 0.2) is 42.9 Å². The minimum Gasteiger partial charge on any atom is -0.351 e. The zero-order chi connectivity index (χ0) is 15.3. The van der Waals surface area contributed by atoms with E-state index in [9.17, 15) is 4.79 Å². The molecule has 112 valence electrons. The van der Waals surface area contributed by atoms with Gasteiger partial charge in [-0.2, -0.15) is 0 Å². The van der Waals surface area contributed by atoms with E-state index in [-0.39, 0.29) is 11.9 Å².